The van der Waals surface area contributed by atoms with Gasteiger partial charge in [-0.15, -0.1) is 0 Å². The van der Waals surface area contributed by atoms with Gasteiger partial charge in [0, 0.05) is 12.7 Å². The second-order valence-corrected chi connectivity index (χ2v) is 6.10. The van der Waals surface area contributed by atoms with Crippen molar-refractivity contribution in [3.8, 4) is 5.82 Å². The van der Waals surface area contributed by atoms with Crippen LogP contribution in [0.2, 0.25) is 0 Å². The van der Waals surface area contributed by atoms with Crippen molar-refractivity contribution in [3.63, 3.8) is 0 Å². The van der Waals surface area contributed by atoms with Gasteiger partial charge in [0.05, 0.1) is 5.56 Å². The first-order valence-electron chi connectivity index (χ1n) is 8.21. The van der Waals surface area contributed by atoms with Gasteiger partial charge in [0.2, 0.25) is 0 Å². The lowest BCUT2D eigenvalue weighted by atomic mass is 9.97. The van der Waals surface area contributed by atoms with E-state index in [1.165, 1.54) is 39.6 Å². The zero-order chi connectivity index (χ0) is 17.8. The van der Waals surface area contributed by atoms with Gasteiger partial charge in [-0.25, -0.2) is 14.6 Å². The first kappa shape index (κ1) is 16.8. The molecule has 0 atom stereocenters. The molecule has 3 aromatic rings. The predicted molar refractivity (Wildman–Crippen MR) is 95.8 cm³/mol. The van der Waals surface area contributed by atoms with E-state index in [1.807, 2.05) is 0 Å². The minimum atomic E-state index is -0.166. The Kier molecular flexibility index (Phi) is 4.88. The van der Waals surface area contributed by atoms with Crippen molar-refractivity contribution in [2.24, 2.45) is 0 Å². The SMILES string of the molecule is Cc1cc(C)c(CCNC(=O)c2cccnc2-n2cncn2)c(C)c1. The number of rotatable bonds is 5. The number of hydrogen-bond donors (Lipinski definition) is 1. The van der Waals surface area contributed by atoms with Crippen molar-refractivity contribution in [3.05, 3.63) is 70.9 Å². The Morgan fingerprint density at radius 1 is 1.20 bits per heavy atom. The van der Waals surface area contributed by atoms with Crippen LogP contribution in [-0.4, -0.2) is 32.2 Å². The summed E-state index contributed by atoms with van der Waals surface area (Å²) in [7, 11) is 0. The molecular weight excluding hydrogens is 314 g/mol. The molecule has 1 amide bonds. The highest BCUT2D eigenvalue weighted by atomic mass is 16.1. The van der Waals surface area contributed by atoms with Crippen molar-refractivity contribution in [2.75, 3.05) is 6.54 Å². The summed E-state index contributed by atoms with van der Waals surface area (Å²) >= 11 is 0. The molecule has 0 saturated heterocycles. The van der Waals surface area contributed by atoms with Gasteiger partial charge in [-0.05, 0) is 56.0 Å². The van der Waals surface area contributed by atoms with Gasteiger partial charge >= 0.3 is 0 Å². The van der Waals surface area contributed by atoms with Crippen LogP contribution in [0.15, 0.2) is 43.1 Å². The van der Waals surface area contributed by atoms with Gasteiger partial charge in [-0.3, -0.25) is 4.79 Å². The maximum atomic E-state index is 12.6. The second-order valence-electron chi connectivity index (χ2n) is 6.10. The van der Waals surface area contributed by atoms with Crippen molar-refractivity contribution in [1.82, 2.24) is 25.1 Å². The topological polar surface area (TPSA) is 72.7 Å². The zero-order valence-corrected chi connectivity index (χ0v) is 14.7. The number of carbonyl (C=O) groups excluding carboxylic acids is 1. The molecule has 0 spiro atoms. The molecule has 1 N–H and O–H groups in total. The Hall–Kier alpha value is -3.02. The molecule has 2 heterocycles. The molecule has 1 aromatic carbocycles. The quantitative estimate of drug-likeness (QED) is 0.778. The highest BCUT2D eigenvalue weighted by Crippen LogP contribution is 2.17. The van der Waals surface area contributed by atoms with E-state index in [-0.39, 0.29) is 5.91 Å². The average Bonchev–Trinajstić information content (AvgIpc) is 3.11. The zero-order valence-electron chi connectivity index (χ0n) is 14.7. The normalized spacial score (nSPS) is 10.7. The summed E-state index contributed by atoms with van der Waals surface area (Å²) in [6.07, 6.45) is 5.37. The van der Waals surface area contributed by atoms with E-state index in [9.17, 15) is 4.79 Å². The third-order valence-corrected chi connectivity index (χ3v) is 4.17. The first-order chi connectivity index (χ1) is 12.1. The van der Waals surface area contributed by atoms with E-state index >= 15 is 0 Å². The number of nitrogens with zero attached hydrogens (tertiary/aromatic N) is 4. The fourth-order valence-corrected chi connectivity index (χ4v) is 3.07. The van der Waals surface area contributed by atoms with Gasteiger partial charge < -0.3 is 5.32 Å². The Morgan fingerprint density at radius 2 is 1.96 bits per heavy atom. The Morgan fingerprint density at radius 3 is 2.64 bits per heavy atom. The van der Waals surface area contributed by atoms with E-state index in [0.29, 0.717) is 17.9 Å². The maximum Gasteiger partial charge on any atom is 0.255 e. The largest absolute Gasteiger partial charge is 0.352 e. The Bertz CT molecular complexity index is 864. The van der Waals surface area contributed by atoms with Crippen LogP contribution in [0.25, 0.3) is 5.82 Å². The average molecular weight is 335 g/mol. The molecule has 6 heteroatoms. The number of benzene rings is 1. The van der Waals surface area contributed by atoms with Crippen LogP contribution >= 0.6 is 0 Å². The molecule has 2 aromatic heterocycles. The number of amides is 1. The highest BCUT2D eigenvalue weighted by molar-refractivity contribution is 5.97. The van der Waals surface area contributed by atoms with E-state index < -0.39 is 0 Å². The van der Waals surface area contributed by atoms with Gasteiger partial charge in [0.25, 0.3) is 5.91 Å². The number of carbonyl (C=O) groups is 1. The fourth-order valence-electron chi connectivity index (χ4n) is 3.07. The third kappa shape index (κ3) is 3.74. The lowest BCUT2D eigenvalue weighted by molar-refractivity contribution is 0.0953. The molecule has 0 bridgehead atoms. The molecule has 6 nitrogen and oxygen atoms in total. The smallest absolute Gasteiger partial charge is 0.255 e. The minimum absolute atomic E-state index is 0.166. The summed E-state index contributed by atoms with van der Waals surface area (Å²) in [5, 5.41) is 7.03. The number of aryl methyl sites for hydroxylation is 3. The van der Waals surface area contributed by atoms with E-state index in [1.54, 1.807) is 18.3 Å². The summed E-state index contributed by atoms with van der Waals surface area (Å²) in [5.41, 5.74) is 5.54. The van der Waals surface area contributed by atoms with E-state index in [4.69, 9.17) is 0 Å². The van der Waals surface area contributed by atoms with Crippen molar-refractivity contribution >= 4 is 5.91 Å². The molecule has 0 radical (unpaired) electrons. The van der Waals surface area contributed by atoms with Crippen LogP contribution in [0, 0.1) is 20.8 Å². The van der Waals surface area contributed by atoms with Crippen LogP contribution in [0.4, 0.5) is 0 Å². The number of pyridine rings is 1. The molecule has 128 valence electrons. The number of hydrogen-bond acceptors (Lipinski definition) is 4. The van der Waals surface area contributed by atoms with Gasteiger partial charge in [0.15, 0.2) is 5.82 Å². The number of nitrogens with one attached hydrogen (secondary N) is 1. The molecule has 0 aliphatic heterocycles. The van der Waals surface area contributed by atoms with Gasteiger partial charge in [-0.2, -0.15) is 5.10 Å². The van der Waals surface area contributed by atoms with Crippen LogP contribution in [0.3, 0.4) is 0 Å². The monoisotopic (exact) mass is 335 g/mol. The fraction of sp³-hybridized carbons (Fsp3) is 0.263. The van der Waals surface area contributed by atoms with Crippen LogP contribution in [0.1, 0.15) is 32.6 Å². The summed E-state index contributed by atoms with van der Waals surface area (Å²) in [6, 6.07) is 7.83. The lowest BCUT2D eigenvalue weighted by Gasteiger charge is -2.13. The third-order valence-electron chi connectivity index (χ3n) is 4.17. The van der Waals surface area contributed by atoms with Crippen LogP contribution in [0.5, 0.6) is 0 Å². The Labute approximate surface area is 146 Å². The second kappa shape index (κ2) is 7.25. The summed E-state index contributed by atoms with van der Waals surface area (Å²) in [4.78, 5) is 20.7. The van der Waals surface area contributed by atoms with Crippen molar-refractivity contribution in [2.45, 2.75) is 27.2 Å². The van der Waals surface area contributed by atoms with E-state index in [0.717, 1.165) is 6.42 Å². The van der Waals surface area contributed by atoms with Crippen LogP contribution < -0.4 is 5.32 Å². The van der Waals surface area contributed by atoms with Crippen molar-refractivity contribution < 1.29 is 4.79 Å². The number of aromatic nitrogens is 4. The highest BCUT2D eigenvalue weighted by Gasteiger charge is 2.14. The molecule has 0 fully saturated rings. The van der Waals surface area contributed by atoms with Gasteiger partial charge in [-0.1, -0.05) is 17.7 Å². The van der Waals surface area contributed by atoms with Gasteiger partial charge in [0.1, 0.15) is 12.7 Å². The minimum Gasteiger partial charge on any atom is -0.352 e. The standard InChI is InChI=1S/C19H21N5O/c1-13-9-14(2)16(15(3)10-13)6-8-22-19(25)17-5-4-7-21-18(17)24-12-20-11-23-24/h4-5,7,9-12H,6,8H2,1-3H3,(H,22,25). The molecule has 0 aliphatic rings. The molecular formula is C19H21N5O. The lowest BCUT2D eigenvalue weighted by Crippen LogP contribution is -2.27. The Balaban J connectivity index is 1.71. The molecule has 0 saturated carbocycles. The maximum absolute atomic E-state index is 12.6. The summed E-state index contributed by atoms with van der Waals surface area (Å²) in [6.45, 7) is 6.89. The molecule has 25 heavy (non-hydrogen) atoms. The first-order valence-corrected chi connectivity index (χ1v) is 8.21. The predicted octanol–water partition coefficient (Wildman–Crippen LogP) is 2.56. The molecule has 0 aliphatic carbocycles. The summed E-state index contributed by atoms with van der Waals surface area (Å²) in [5.74, 6) is 0.307. The van der Waals surface area contributed by atoms with Crippen molar-refractivity contribution in [1.29, 1.82) is 0 Å². The van der Waals surface area contributed by atoms with E-state index in [2.05, 4.69) is 53.3 Å². The summed E-state index contributed by atoms with van der Waals surface area (Å²) < 4.78 is 1.49. The molecule has 0 unspecified atom stereocenters. The molecule has 3 rings (SSSR count). The van der Waals surface area contributed by atoms with Crippen LogP contribution in [-0.2, 0) is 6.42 Å².